The maximum Gasteiger partial charge on any atom is 0.319 e. The molecule has 0 saturated heterocycles. The van der Waals surface area contributed by atoms with Crippen molar-refractivity contribution in [1.82, 2.24) is 5.32 Å². The molecule has 7 heteroatoms. The number of hydrogen-bond acceptors (Lipinski definition) is 4. The maximum absolute atomic E-state index is 11.9. The molecule has 2 amide bonds. The van der Waals surface area contributed by atoms with E-state index in [1.807, 2.05) is 12.1 Å². The summed E-state index contributed by atoms with van der Waals surface area (Å²) < 4.78 is 27.3. The van der Waals surface area contributed by atoms with Crippen molar-refractivity contribution in [2.24, 2.45) is 0 Å². The fraction of sp³-hybridized carbons (Fsp3) is 0.533. The van der Waals surface area contributed by atoms with Crippen molar-refractivity contribution in [2.45, 2.75) is 26.2 Å². The molecule has 0 aliphatic rings. The number of ether oxygens (including phenoxy) is 1. The summed E-state index contributed by atoms with van der Waals surface area (Å²) in [4.78, 5) is 11.9. The van der Waals surface area contributed by atoms with Crippen LogP contribution in [0.25, 0.3) is 0 Å². The van der Waals surface area contributed by atoms with Crippen LogP contribution < -0.4 is 15.4 Å². The van der Waals surface area contributed by atoms with E-state index in [0.29, 0.717) is 11.4 Å². The van der Waals surface area contributed by atoms with Crippen LogP contribution >= 0.6 is 0 Å². The van der Waals surface area contributed by atoms with Gasteiger partial charge in [-0.25, -0.2) is 13.2 Å². The standard InChI is InChI=1S/C15H24N2O4S/c1-15(2,3)11-6-7-13(21-4)12(10-11)17-14(18)16-8-9-22(5,19)20/h6-7,10H,8-9H2,1-5H3,(H2,16,17,18). The van der Waals surface area contributed by atoms with E-state index in [4.69, 9.17) is 4.74 Å². The van der Waals surface area contributed by atoms with Gasteiger partial charge in [0, 0.05) is 12.8 Å². The number of carbonyl (C=O) groups excluding carboxylic acids is 1. The van der Waals surface area contributed by atoms with Crippen LogP contribution in [0.3, 0.4) is 0 Å². The second kappa shape index (κ2) is 7.00. The minimum atomic E-state index is -3.10. The van der Waals surface area contributed by atoms with Crippen molar-refractivity contribution in [3.8, 4) is 5.75 Å². The highest BCUT2D eigenvalue weighted by atomic mass is 32.2. The first-order valence-corrected chi connectivity index (χ1v) is 9.00. The highest BCUT2D eigenvalue weighted by molar-refractivity contribution is 7.90. The number of nitrogens with one attached hydrogen (secondary N) is 2. The van der Waals surface area contributed by atoms with E-state index < -0.39 is 15.9 Å². The third kappa shape index (κ3) is 5.93. The molecule has 0 bridgehead atoms. The Balaban J connectivity index is 2.80. The number of benzene rings is 1. The van der Waals surface area contributed by atoms with Gasteiger partial charge in [0.2, 0.25) is 0 Å². The Hall–Kier alpha value is -1.76. The van der Waals surface area contributed by atoms with Gasteiger partial charge in [-0.05, 0) is 23.1 Å². The first-order valence-electron chi connectivity index (χ1n) is 6.94. The fourth-order valence-electron chi connectivity index (χ4n) is 1.79. The van der Waals surface area contributed by atoms with E-state index in [0.717, 1.165) is 11.8 Å². The van der Waals surface area contributed by atoms with Crippen molar-refractivity contribution in [2.75, 3.05) is 31.0 Å². The smallest absolute Gasteiger partial charge is 0.319 e. The Labute approximate surface area is 132 Å². The zero-order valence-corrected chi connectivity index (χ0v) is 14.5. The predicted molar refractivity (Wildman–Crippen MR) is 88.4 cm³/mol. The topological polar surface area (TPSA) is 84.5 Å². The van der Waals surface area contributed by atoms with Crippen LogP contribution in [-0.2, 0) is 15.3 Å². The summed E-state index contributed by atoms with van der Waals surface area (Å²) in [5, 5.41) is 5.20. The van der Waals surface area contributed by atoms with Gasteiger partial charge in [0.15, 0.2) is 0 Å². The van der Waals surface area contributed by atoms with Gasteiger partial charge >= 0.3 is 6.03 Å². The van der Waals surface area contributed by atoms with Crippen molar-refractivity contribution >= 4 is 21.6 Å². The molecule has 124 valence electrons. The third-order valence-electron chi connectivity index (χ3n) is 3.07. The minimum absolute atomic E-state index is 0.0601. The van der Waals surface area contributed by atoms with Gasteiger partial charge in [-0.1, -0.05) is 26.8 Å². The lowest BCUT2D eigenvalue weighted by Gasteiger charge is -2.21. The number of sulfone groups is 1. The molecule has 0 radical (unpaired) electrons. The third-order valence-corrected chi connectivity index (χ3v) is 4.02. The summed E-state index contributed by atoms with van der Waals surface area (Å²) in [5.41, 5.74) is 1.54. The van der Waals surface area contributed by atoms with E-state index in [1.54, 1.807) is 6.07 Å². The molecule has 1 aromatic carbocycles. The Morgan fingerprint density at radius 2 is 1.91 bits per heavy atom. The lowest BCUT2D eigenvalue weighted by molar-refractivity contribution is 0.252. The number of carbonyl (C=O) groups is 1. The summed E-state index contributed by atoms with van der Waals surface area (Å²) in [6.07, 6.45) is 1.13. The number of anilines is 1. The molecule has 6 nitrogen and oxygen atoms in total. The summed E-state index contributed by atoms with van der Waals surface area (Å²) in [6.45, 7) is 6.28. The summed E-state index contributed by atoms with van der Waals surface area (Å²) in [6, 6.07) is 5.14. The van der Waals surface area contributed by atoms with Crippen molar-refractivity contribution in [1.29, 1.82) is 0 Å². The van der Waals surface area contributed by atoms with E-state index in [2.05, 4.69) is 31.4 Å². The highest BCUT2D eigenvalue weighted by Crippen LogP contribution is 2.31. The lowest BCUT2D eigenvalue weighted by Crippen LogP contribution is -2.32. The molecular formula is C15H24N2O4S. The quantitative estimate of drug-likeness (QED) is 0.867. The number of hydrogen-bond donors (Lipinski definition) is 2. The van der Waals surface area contributed by atoms with E-state index >= 15 is 0 Å². The molecular weight excluding hydrogens is 304 g/mol. The van der Waals surface area contributed by atoms with Crippen LogP contribution in [0.15, 0.2) is 18.2 Å². The molecule has 22 heavy (non-hydrogen) atoms. The van der Waals surface area contributed by atoms with Crippen molar-refractivity contribution in [3.05, 3.63) is 23.8 Å². The van der Waals surface area contributed by atoms with Gasteiger partial charge in [0.05, 0.1) is 18.6 Å². The van der Waals surface area contributed by atoms with Crippen LogP contribution in [0, 0.1) is 0 Å². The van der Waals surface area contributed by atoms with Gasteiger partial charge in [0.1, 0.15) is 15.6 Å². The Bertz CT molecular complexity index is 633. The monoisotopic (exact) mass is 328 g/mol. The second-order valence-corrected chi connectivity index (χ2v) is 8.44. The molecule has 0 heterocycles. The second-order valence-electron chi connectivity index (χ2n) is 6.18. The average molecular weight is 328 g/mol. The molecule has 0 fully saturated rings. The molecule has 2 N–H and O–H groups in total. The number of methoxy groups -OCH3 is 1. The number of urea groups is 1. The average Bonchev–Trinajstić information content (AvgIpc) is 2.36. The van der Waals surface area contributed by atoms with Gasteiger partial charge in [-0.15, -0.1) is 0 Å². The van der Waals surface area contributed by atoms with Crippen LogP contribution in [0.4, 0.5) is 10.5 Å². The Kier molecular flexibility index (Phi) is 5.82. The molecule has 0 spiro atoms. The van der Waals surface area contributed by atoms with Crippen LogP contribution in [0.2, 0.25) is 0 Å². The van der Waals surface area contributed by atoms with Crippen LogP contribution in [0.5, 0.6) is 5.75 Å². The van der Waals surface area contributed by atoms with E-state index in [9.17, 15) is 13.2 Å². The summed E-state index contributed by atoms with van der Waals surface area (Å²) in [5.74, 6) is 0.450. The largest absolute Gasteiger partial charge is 0.495 e. The molecule has 0 atom stereocenters. The first kappa shape index (κ1) is 18.3. The molecule has 0 aromatic heterocycles. The first-order chi connectivity index (χ1) is 10.0. The summed E-state index contributed by atoms with van der Waals surface area (Å²) in [7, 11) is -1.57. The van der Waals surface area contributed by atoms with Crippen LogP contribution in [-0.4, -0.2) is 40.1 Å². The molecule has 0 unspecified atom stereocenters. The number of rotatable bonds is 5. The molecule has 1 rings (SSSR count). The van der Waals surface area contributed by atoms with Gasteiger partial charge in [0.25, 0.3) is 0 Å². The number of amides is 2. The fourth-order valence-corrected chi connectivity index (χ4v) is 2.26. The van der Waals surface area contributed by atoms with Crippen molar-refractivity contribution in [3.63, 3.8) is 0 Å². The highest BCUT2D eigenvalue weighted by Gasteiger charge is 2.17. The van der Waals surface area contributed by atoms with E-state index in [1.165, 1.54) is 7.11 Å². The van der Waals surface area contributed by atoms with Gasteiger partial charge in [-0.3, -0.25) is 0 Å². The van der Waals surface area contributed by atoms with Gasteiger partial charge in [-0.2, -0.15) is 0 Å². The SMILES string of the molecule is COc1ccc(C(C)(C)C)cc1NC(=O)NCCS(C)(=O)=O. The van der Waals surface area contributed by atoms with Gasteiger partial charge < -0.3 is 15.4 Å². The molecule has 0 aliphatic carbocycles. The Morgan fingerprint density at radius 1 is 1.27 bits per heavy atom. The lowest BCUT2D eigenvalue weighted by atomic mass is 9.87. The van der Waals surface area contributed by atoms with Crippen LogP contribution in [0.1, 0.15) is 26.3 Å². The summed E-state index contributed by atoms with van der Waals surface area (Å²) >= 11 is 0. The normalized spacial score (nSPS) is 11.9. The van der Waals surface area contributed by atoms with E-state index in [-0.39, 0.29) is 17.7 Å². The molecule has 0 saturated carbocycles. The predicted octanol–water partition coefficient (Wildman–Crippen LogP) is 2.16. The minimum Gasteiger partial charge on any atom is -0.495 e. The molecule has 1 aromatic rings. The van der Waals surface area contributed by atoms with Crippen molar-refractivity contribution < 1.29 is 17.9 Å². The Morgan fingerprint density at radius 3 is 2.41 bits per heavy atom. The zero-order chi connectivity index (χ0) is 17.0. The molecule has 0 aliphatic heterocycles. The zero-order valence-electron chi connectivity index (χ0n) is 13.7. The maximum atomic E-state index is 11.9.